The minimum atomic E-state index is -0.463. The average molecular weight is 605 g/mol. The van der Waals surface area contributed by atoms with Crippen LogP contribution in [0.3, 0.4) is 0 Å². The van der Waals surface area contributed by atoms with Crippen LogP contribution in [0.1, 0.15) is 51.4 Å². The van der Waals surface area contributed by atoms with E-state index in [2.05, 4.69) is 14.8 Å². The summed E-state index contributed by atoms with van der Waals surface area (Å²) in [6, 6.07) is 15.1. The van der Waals surface area contributed by atoms with Crippen LogP contribution in [0.15, 0.2) is 59.7 Å². The monoisotopic (exact) mass is 604 g/mol. The lowest BCUT2D eigenvalue weighted by Crippen LogP contribution is -2.50. The summed E-state index contributed by atoms with van der Waals surface area (Å²) in [5.74, 6) is 3.09. The van der Waals surface area contributed by atoms with Gasteiger partial charge in [-0.3, -0.25) is 9.89 Å². The molecule has 2 aliphatic heterocycles. The molecular weight excluding hydrogens is 564 g/mol. The largest absolute Gasteiger partial charge is 0.457 e. The van der Waals surface area contributed by atoms with Gasteiger partial charge in [-0.1, -0.05) is 23.7 Å². The molecule has 2 aliphatic rings. The first kappa shape index (κ1) is 30.8. The van der Waals surface area contributed by atoms with E-state index in [1.807, 2.05) is 81.3 Å². The molecule has 0 saturated carbocycles. The van der Waals surface area contributed by atoms with Crippen molar-refractivity contribution < 1.29 is 14.3 Å². The molecule has 9 nitrogen and oxygen atoms in total. The van der Waals surface area contributed by atoms with Gasteiger partial charge in [0.1, 0.15) is 28.7 Å². The first-order valence-corrected chi connectivity index (χ1v) is 15.4. The first-order valence-electron chi connectivity index (χ1n) is 15.0. The summed E-state index contributed by atoms with van der Waals surface area (Å²) in [6.07, 6.45) is 4.65. The van der Waals surface area contributed by atoms with E-state index < -0.39 is 5.60 Å². The van der Waals surface area contributed by atoms with Gasteiger partial charge in [0, 0.05) is 63.0 Å². The summed E-state index contributed by atoms with van der Waals surface area (Å²) in [5.41, 5.74) is 2.32. The van der Waals surface area contributed by atoms with Crippen LogP contribution in [0, 0.1) is 6.92 Å². The third-order valence-electron chi connectivity index (χ3n) is 7.41. The van der Waals surface area contributed by atoms with Gasteiger partial charge in [-0.2, -0.15) is 0 Å². The number of rotatable bonds is 8. The topological polar surface area (TPSA) is 83.4 Å². The van der Waals surface area contributed by atoms with Gasteiger partial charge in [0.15, 0.2) is 0 Å². The molecule has 0 bridgehead atoms. The molecule has 5 rings (SSSR count). The number of benzene rings is 2. The highest BCUT2D eigenvalue weighted by Crippen LogP contribution is 2.30. The molecule has 0 unspecified atom stereocenters. The molecule has 1 fully saturated rings. The Labute approximate surface area is 259 Å². The Morgan fingerprint density at radius 1 is 0.977 bits per heavy atom. The van der Waals surface area contributed by atoms with E-state index >= 15 is 0 Å². The SMILES string of the molecule is Cc1ncc2c(n1)N(CCCCN1CCN(C(=O)OC(C)(C)C)CC1)CCC2=Nc1cccc(Oc2cccc(Cl)c2)c1. The maximum absolute atomic E-state index is 12.3. The van der Waals surface area contributed by atoms with E-state index in [-0.39, 0.29) is 6.09 Å². The second kappa shape index (κ2) is 13.7. The van der Waals surface area contributed by atoms with Gasteiger partial charge in [0.2, 0.25) is 0 Å². The highest BCUT2D eigenvalue weighted by Gasteiger charge is 2.26. The number of aryl methyl sites for hydroxylation is 1. The van der Waals surface area contributed by atoms with Gasteiger partial charge < -0.3 is 19.3 Å². The molecule has 1 saturated heterocycles. The summed E-state index contributed by atoms with van der Waals surface area (Å²) in [5, 5.41) is 0.630. The number of unbranched alkanes of at least 4 members (excludes halogenated alkanes) is 1. The Morgan fingerprint density at radius 3 is 2.44 bits per heavy atom. The zero-order valence-electron chi connectivity index (χ0n) is 25.6. The van der Waals surface area contributed by atoms with Crippen molar-refractivity contribution in [3.63, 3.8) is 0 Å². The van der Waals surface area contributed by atoms with Gasteiger partial charge in [0.05, 0.1) is 17.0 Å². The van der Waals surface area contributed by atoms with Crippen LogP contribution in [-0.4, -0.2) is 83.0 Å². The van der Waals surface area contributed by atoms with E-state index in [4.69, 9.17) is 31.1 Å². The third kappa shape index (κ3) is 8.67. The van der Waals surface area contributed by atoms with Crippen molar-refractivity contribution in [1.29, 1.82) is 0 Å². The minimum absolute atomic E-state index is 0.213. The number of amides is 1. The Balaban J connectivity index is 1.16. The van der Waals surface area contributed by atoms with Crippen molar-refractivity contribution in [2.45, 2.75) is 52.6 Å². The minimum Gasteiger partial charge on any atom is -0.457 e. The number of aromatic nitrogens is 2. The van der Waals surface area contributed by atoms with Crippen LogP contribution in [0.2, 0.25) is 5.02 Å². The molecule has 10 heteroatoms. The number of anilines is 1. The van der Waals surface area contributed by atoms with Crippen molar-refractivity contribution in [3.05, 3.63) is 71.1 Å². The lowest BCUT2D eigenvalue weighted by Gasteiger charge is -2.35. The highest BCUT2D eigenvalue weighted by atomic mass is 35.5. The predicted octanol–water partition coefficient (Wildman–Crippen LogP) is 6.89. The molecule has 43 heavy (non-hydrogen) atoms. The molecule has 0 spiro atoms. The van der Waals surface area contributed by atoms with Crippen molar-refractivity contribution >= 4 is 34.9 Å². The molecule has 228 valence electrons. The maximum Gasteiger partial charge on any atom is 0.410 e. The zero-order valence-corrected chi connectivity index (χ0v) is 26.3. The molecule has 0 aliphatic carbocycles. The van der Waals surface area contributed by atoms with Crippen molar-refractivity contribution in [2.24, 2.45) is 4.99 Å². The van der Waals surface area contributed by atoms with E-state index in [1.54, 1.807) is 6.07 Å². The average Bonchev–Trinajstić information content (AvgIpc) is 2.96. The van der Waals surface area contributed by atoms with Crippen molar-refractivity contribution in [2.75, 3.05) is 50.7 Å². The third-order valence-corrected chi connectivity index (χ3v) is 7.64. The summed E-state index contributed by atoms with van der Waals surface area (Å²) in [4.78, 5) is 33.3. The van der Waals surface area contributed by atoms with Crippen molar-refractivity contribution in [1.82, 2.24) is 19.8 Å². The summed E-state index contributed by atoms with van der Waals surface area (Å²) in [7, 11) is 0. The lowest BCUT2D eigenvalue weighted by atomic mass is 10.0. The zero-order chi connectivity index (χ0) is 30.4. The second-order valence-corrected chi connectivity index (χ2v) is 12.5. The number of hydrogen-bond donors (Lipinski definition) is 0. The molecular formula is C33H41ClN6O3. The number of nitrogens with zero attached hydrogens (tertiary/aromatic N) is 6. The molecule has 3 aromatic rings. The molecule has 0 N–H and O–H groups in total. The van der Waals surface area contributed by atoms with Crippen LogP contribution in [0.25, 0.3) is 0 Å². The van der Waals surface area contributed by atoms with Gasteiger partial charge in [-0.25, -0.2) is 14.8 Å². The Kier molecular flexibility index (Phi) is 9.82. The number of carbonyl (C=O) groups is 1. The summed E-state index contributed by atoms with van der Waals surface area (Å²) >= 11 is 6.11. The fraction of sp³-hybridized carbons (Fsp3) is 0.455. The molecule has 1 amide bonds. The highest BCUT2D eigenvalue weighted by molar-refractivity contribution is 6.30. The van der Waals surface area contributed by atoms with E-state index in [9.17, 15) is 4.79 Å². The predicted molar refractivity (Wildman–Crippen MR) is 171 cm³/mol. The number of hydrogen-bond acceptors (Lipinski definition) is 8. The summed E-state index contributed by atoms with van der Waals surface area (Å²) < 4.78 is 11.5. The van der Waals surface area contributed by atoms with E-state index in [0.29, 0.717) is 29.6 Å². The second-order valence-electron chi connectivity index (χ2n) is 12.0. The van der Waals surface area contributed by atoms with Gasteiger partial charge in [-0.05, 0) is 77.4 Å². The molecule has 0 radical (unpaired) electrons. The molecule has 0 atom stereocenters. The van der Waals surface area contributed by atoms with Crippen LogP contribution in [0.5, 0.6) is 11.5 Å². The Bertz CT molecular complexity index is 1450. The van der Waals surface area contributed by atoms with Crippen LogP contribution in [-0.2, 0) is 4.74 Å². The summed E-state index contributed by atoms with van der Waals surface area (Å²) in [6.45, 7) is 13.6. The number of fused-ring (bicyclic) bond motifs is 1. The van der Waals surface area contributed by atoms with E-state index in [0.717, 1.165) is 80.6 Å². The normalized spacial score (nSPS) is 16.7. The standard InChI is InChI=1S/C33H41ClN6O3/c1-24-35-23-29-30(37-26-10-8-12-28(22-26)42-27-11-7-9-25(34)21-27)13-16-39(31(29)36-24)15-6-5-14-38-17-19-40(20-18-38)32(41)43-33(2,3)4/h7-12,21-23H,5-6,13-20H2,1-4H3. The number of carbonyl (C=O) groups excluding carboxylic acids is 1. The van der Waals surface area contributed by atoms with Gasteiger partial charge in [-0.15, -0.1) is 0 Å². The lowest BCUT2D eigenvalue weighted by molar-refractivity contribution is 0.0144. The molecule has 2 aromatic carbocycles. The Hall–Kier alpha value is -3.69. The van der Waals surface area contributed by atoms with Crippen LogP contribution < -0.4 is 9.64 Å². The number of piperazine rings is 1. The van der Waals surface area contributed by atoms with Gasteiger partial charge in [0.25, 0.3) is 0 Å². The van der Waals surface area contributed by atoms with Crippen molar-refractivity contribution in [3.8, 4) is 11.5 Å². The number of halogens is 1. The van der Waals surface area contributed by atoms with Crippen LogP contribution >= 0.6 is 11.6 Å². The fourth-order valence-corrected chi connectivity index (χ4v) is 5.46. The molecule has 1 aromatic heterocycles. The number of aliphatic imine (C=N–C) groups is 1. The maximum atomic E-state index is 12.3. The smallest absolute Gasteiger partial charge is 0.410 e. The first-order chi connectivity index (χ1) is 20.6. The van der Waals surface area contributed by atoms with Gasteiger partial charge >= 0.3 is 6.09 Å². The van der Waals surface area contributed by atoms with Crippen LogP contribution in [0.4, 0.5) is 16.3 Å². The Morgan fingerprint density at radius 2 is 1.70 bits per heavy atom. The molecule has 3 heterocycles. The van der Waals surface area contributed by atoms with E-state index in [1.165, 1.54) is 0 Å². The quantitative estimate of drug-likeness (QED) is 0.259. The number of ether oxygens (including phenoxy) is 2. The fourth-order valence-electron chi connectivity index (χ4n) is 5.28.